The summed E-state index contributed by atoms with van der Waals surface area (Å²) in [4.78, 5) is 15.0. The summed E-state index contributed by atoms with van der Waals surface area (Å²) in [5.41, 5.74) is 2.55. The SMILES string of the molecule is CCS(=O)(=O)N1CC(C(=O)NCc2ccc(N3CCOCC3)cc2)Oc2ccccc21. The number of para-hydroxylation sites is 2. The number of hydrogen-bond donors (Lipinski definition) is 1. The van der Waals surface area contributed by atoms with Gasteiger partial charge >= 0.3 is 0 Å². The Balaban J connectivity index is 1.40. The number of morpholine rings is 1. The Labute approximate surface area is 182 Å². The molecule has 1 saturated heterocycles. The van der Waals surface area contributed by atoms with Crippen LogP contribution in [0.5, 0.6) is 5.75 Å². The normalized spacial score (nSPS) is 18.8. The number of carbonyl (C=O) groups is 1. The fraction of sp³-hybridized carbons (Fsp3) is 0.409. The molecular formula is C22H27N3O5S. The Kier molecular flexibility index (Phi) is 6.33. The molecule has 1 unspecified atom stereocenters. The van der Waals surface area contributed by atoms with Crippen LogP contribution in [0.15, 0.2) is 48.5 Å². The minimum atomic E-state index is -3.52. The zero-order chi connectivity index (χ0) is 21.8. The van der Waals surface area contributed by atoms with Crippen molar-refractivity contribution in [2.75, 3.05) is 47.8 Å². The first-order chi connectivity index (χ1) is 15.0. The Morgan fingerprint density at radius 3 is 2.52 bits per heavy atom. The fourth-order valence-corrected chi connectivity index (χ4v) is 4.83. The lowest BCUT2D eigenvalue weighted by molar-refractivity contribution is -0.127. The van der Waals surface area contributed by atoms with E-state index >= 15 is 0 Å². The second-order valence-electron chi connectivity index (χ2n) is 7.49. The summed E-state index contributed by atoms with van der Waals surface area (Å²) < 4.78 is 37.6. The highest BCUT2D eigenvalue weighted by molar-refractivity contribution is 7.92. The van der Waals surface area contributed by atoms with Crippen molar-refractivity contribution in [3.8, 4) is 5.75 Å². The predicted octanol–water partition coefficient (Wildman–Crippen LogP) is 1.76. The second kappa shape index (κ2) is 9.15. The summed E-state index contributed by atoms with van der Waals surface area (Å²) in [5.74, 6) is -0.00520. The van der Waals surface area contributed by atoms with E-state index in [4.69, 9.17) is 9.47 Å². The first-order valence-corrected chi connectivity index (χ1v) is 12.0. The molecule has 2 aromatic rings. The molecule has 1 atom stereocenters. The minimum Gasteiger partial charge on any atom is -0.476 e. The summed E-state index contributed by atoms with van der Waals surface area (Å²) in [6, 6.07) is 14.9. The summed E-state index contributed by atoms with van der Waals surface area (Å²) in [7, 11) is -3.52. The molecule has 2 aliphatic rings. The fourth-order valence-electron chi connectivity index (χ4n) is 3.71. The molecular weight excluding hydrogens is 418 g/mol. The topological polar surface area (TPSA) is 88.2 Å². The number of hydrogen-bond acceptors (Lipinski definition) is 6. The first-order valence-electron chi connectivity index (χ1n) is 10.4. The number of amides is 1. The molecule has 2 aromatic carbocycles. The third-order valence-electron chi connectivity index (χ3n) is 5.51. The number of nitrogens with one attached hydrogen (secondary N) is 1. The molecule has 2 aliphatic heterocycles. The number of anilines is 2. The van der Waals surface area contributed by atoms with Crippen LogP contribution in [0.2, 0.25) is 0 Å². The predicted molar refractivity (Wildman–Crippen MR) is 119 cm³/mol. The zero-order valence-electron chi connectivity index (χ0n) is 17.5. The number of benzene rings is 2. The van der Waals surface area contributed by atoms with Gasteiger partial charge in [0.15, 0.2) is 6.10 Å². The smallest absolute Gasteiger partial charge is 0.263 e. The van der Waals surface area contributed by atoms with Crippen LogP contribution in [0, 0.1) is 0 Å². The van der Waals surface area contributed by atoms with Gasteiger partial charge in [0.1, 0.15) is 5.75 Å². The molecule has 0 spiro atoms. The van der Waals surface area contributed by atoms with E-state index in [0.29, 0.717) is 18.0 Å². The van der Waals surface area contributed by atoms with Gasteiger partial charge in [-0.05, 0) is 36.8 Å². The highest BCUT2D eigenvalue weighted by Crippen LogP contribution is 2.35. The Hall–Kier alpha value is -2.78. The highest BCUT2D eigenvalue weighted by atomic mass is 32.2. The van der Waals surface area contributed by atoms with Crippen molar-refractivity contribution in [1.29, 1.82) is 0 Å². The lowest BCUT2D eigenvalue weighted by atomic mass is 10.1. The maximum absolute atomic E-state index is 12.8. The van der Waals surface area contributed by atoms with Crippen molar-refractivity contribution >= 4 is 27.3 Å². The van der Waals surface area contributed by atoms with Gasteiger partial charge in [-0.25, -0.2) is 8.42 Å². The molecule has 31 heavy (non-hydrogen) atoms. The molecule has 4 rings (SSSR count). The van der Waals surface area contributed by atoms with Crippen LogP contribution >= 0.6 is 0 Å². The van der Waals surface area contributed by atoms with Crippen LogP contribution in [-0.4, -0.2) is 59.0 Å². The average molecular weight is 446 g/mol. The standard InChI is InChI=1S/C22H27N3O5S/c1-2-31(27,28)25-16-21(30-20-6-4-3-5-19(20)25)22(26)23-15-17-7-9-18(10-8-17)24-11-13-29-14-12-24/h3-10,21H,2,11-16H2,1H3,(H,23,26). The van der Waals surface area contributed by atoms with Crippen LogP contribution < -0.4 is 19.3 Å². The number of nitrogens with zero attached hydrogens (tertiary/aromatic N) is 2. The van der Waals surface area contributed by atoms with Gasteiger partial charge in [-0.1, -0.05) is 24.3 Å². The molecule has 1 N–H and O–H groups in total. The first kappa shape index (κ1) is 21.5. The van der Waals surface area contributed by atoms with Crippen molar-refractivity contribution < 1.29 is 22.7 Å². The molecule has 0 aromatic heterocycles. The van der Waals surface area contributed by atoms with Crippen LogP contribution in [0.25, 0.3) is 0 Å². The van der Waals surface area contributed by atoms with E-state index in [-0.39, 0.29) is 18.2 Å². The summed E-state index contributed by atoms with van der Waals surface area (Å²) in [5, 5.41) is 2.87. The molecule has 9 heteroatoms. The zero-order valence-corrected chi connectivity index (χ0v) is 18.3. The lowest BCUT2D eigenvalue weighted by Crippen LogP contribution is -2.50. The van der Waals surface area contributed by atoms with Gasteiger partial charge in [-0.15, -0.1) is 0 Å². The number of rotatable bonds is 6. The molecule has 0 bridgehead atoms. The van der Waals surface area contributed by atoms with Crippen molar-refractivity contribution in [3.05, 3.63) is 54.1 Å². The average Bonchev–Trinajstić information content (AvgIpc) is 2.82. The molecule has 1 amide bonds. The van der Waals surface area contributed by atoms with Crippen molar-refractivity contribution in [2.45, 2.75) is 19.6 Å². The highest BCUT2D eigenvalue weighted by Gasteiger charge is 2.35. The molecule has 166 valence electrons. The van der Waals surface area contributed by atoms with Gasteiger partial charge in [0, 0.05) is 25.3 Å². The molecule has 1 fully saturated rings. The van der Waals surface area contributed by atoms with Crippen molar-refractivity contribution in [3.63, 3.8) is 0 Å². The van der Waals surface area contributed by atoms with Crippen LogP contribution in [-0.2, 0) is 26.1 Å². The third-order valence-corrected chi connectivity index (χ3v) is 7.25. The summed E-state index contributed by atoms with van der Waals surface area (Å²) in [6.45, 7) is 5.07. The number of ether oxygens (including phenoxy) is 2. The van der Waals surface area contributed by atoms with Crippen LogP contribution in [0.3, 0.4) is 0 Å². The Bertz CT molecular complexity index is 1020. The molecule has 0 aliphatic carbocycles. The van der Waals surface area contributed by atoms with Crippen molar-refractivity contribution in [2.24, 2.45) is 0 Å². The lowest BCUT2D eigenvalue weighted by Gasteiger charge is -2.34. The summed E-state index contributed by atoms with van der Waals surface area (Å²) in [6.07, 6.45) is -0.913. The van der Waals surface area contributed by atoms with Crippen molar-refractivity contribution in [1.82, 2.24) is 5.32 Å². The van der Waals surface area contributed by atoms with Gasteiger partial charge < -0.3 is 19.7 Å². The second-order valence-corrected chi connectivity index (χ2v) is 9.67. The third kappa shape index (κ3) is 4.77. The molecule has 0 saturated carbocycles. The van der Waals surface area contributed by atoms with Crippen LogP contribution in [0.1, 0.15) is 12.5 Å². The number of carbonyl (C=O) groups excluding carboxylic acids is 1. The monoisotopic (exact) mass is 445 g/mol. The van der Waals surface area contributed by atoms with E-state index in [2.05, 4.69) is 10.2 Å². The van der Waals surface area contributed by atoms with E-state index in [9.17, 15) is 13.2 Å². The number of fused-ring (bicyclic) bond motifs is 1. The van der Waals surface area contributed by atoms with Gasteiger partial charge in [0.05, 0.1) is 31.2 Å². The van der Waals surface area contributed by atoms with Gasteiger partial charge in [0.2, 0.25) is 10.0 Å². The van der Waals surface area contributed by atoms with E-state index in [1.54, 1.807) is 31.2 Å². The molecule has 0 radical (unpaired) electrons. The maximum atomic E-state index is 12.8. The minimum absolute atomic E-state index is 0.0466. The van der Waals surface area contributed by atoms with Gasteiger partial charge in [0.25, 0.3) is 5.91 Å². The van der Waals surface area contributed by atoms with Gasteiger partial charge in [-0.2, -0.15) is 0 Å². The Morgan fingerprint density at radius 1 is 1.10 bits per heavy atom. The van der Waals surface area contributed by atoms with E-state index in [1.807, 2.05) is 24.3 Å². The molecule has 2 heterocycles. The van der Waals surface area contributed by atoms with E-state index in [0.717, 1.165) is 37.6 Å². The Morgan fingerprint density at radius 2 is 1.81 bits per heavy atom. The van der Waals surface area contributed by atoms with E-state index < -0.39 is 16.1 Å². The summed E-state index contributed by atoms with van der Waals surface area (Å²) >= 11 is 0. The van der Waals surface area contributed by atoms with Crippen LogP contribution in [0.4, 0.5) is 11.4 Å². The number of sulfonamides is 1. The largest absolute Gasteiger partial charge is 0.476 e. The van der Waals surface area contributed by atoms with Gasteiger partial charge in [-0.3, -0.25) is 9.10 Å². The van der Waals surface area contributed by atoms with E-state index in [1.165, 1.54) is 4.31 Å². The quantitative estimate of drug-likeness (QED) is 0.729. The molecule has 8 nitrogen and oxygen atoms in total. The maximum Gasteiger partial charge on any atom is 0.263 e.